The summed E-state index contributed by atoms with van der Waals surface area (Å²) < 4.78 is 0. The van der Waals surface area contributed by atoms with Crippen molar-refractivity contribution in [3.8, 4) is 0 Å². The van der Waals surface area contributed by atoms with Gasteiger partial charge in [0, 0.05) is 35.4 Å². The fourth-order valence-electron chi connectivity index (χ4n) is 3.75. The molecule has 9 heteroatoms. The summed E-state index contributed by atoms with van der Waals surface area (Å²) in [5, 5.41) is 15.7. The monoisotopic (exact) mass is 469 g/mol. The zero-order chi connectivity index (χ0) is 22.7. The summed E-state index contributed by atoms with van der Waals surface area (Å²) in [5.41, 5.74) is 3.61. The first-order chi connectivity index (χ1) is 15.4. The number of aryl methyl sites for hydroxylation is 2. The van der Waals surface area contributed by atoms with Gasteiger partial charge in [0.05, 0.1) is 0 Å². The molecule has 7 nitrogen and oxygen atoms in total. The molecule has 0 unspecified atom stereocenters. The second-order valence-electron chi connectivity index (χ2n) is 7.94. The second kappa shape index (κ2) is 9.67. The lowest BCUT2D eigenvalue weighted by Crippen LogP contribution is -2.41. The highest BCUT2D eigenvalue weighted by atomic mass is 35.5. The Bertz CT molecular complexity index is 1150. The van der Waals surface area contributed by atoms with Gasteiger partial charge in [0.25, 0.3) is 5.91 Å². The topological polar surface area (TPSA) is 87.2 Å². The minimum absolute atomic E-state index is 0.0545. The number of hydrogen-bond donors (Lipinski definition) is 2. The van der Waals surface area contributed by atoms with Crippen LogP contribution in [0.3, 0.4) is 0 Å². The Balaban J connectivity index is 1.39. The summed E-state index contributed by atoms with van der Waals surface area (Å²) in [6, 6.07) is 12.8. The fourth-order valence-corrected chi connectivity index (χ4v) is 4.81. The average Bonchev–Trinajstić information content (AvgIpc) is 3.26. The number of halogens is 1. The summed E-state index contributed by atoms with van der Waals surface area (Å²) >= 11 is 7.24. The van der Waals surface area contributed by atoms with E-state index < -0.39 is 0 Å². The van der Waals surface area contributed by atoms with Crippen LogP contribution < -0.4 is 10.6 Å². The molecule has 0 saturated carbocycles. The third kappa shape index (κ3) is 5.26. The number of likely N-dealkylation sites (tertiary alicyclic amines) is 1. The summed E-state index contributed by atoms with van der Waals surface area (Å²) in [7, 11) is 0. The van der Waals surface area contributed by atoms with Gasteiger partial charge in [0.15, 0.2) is 0 Å². The van der Waals surface area contributed by atoms with Crippen LogP contribution in [0.5, 0.6) is 0 Å². The first kappa shape index (κ1) is 22.2. The Morgan fingerprint density at radius 2 is 1.97 bits per heavy atom. The molecule has 2 N–H and O–H groups in total. The number of nitrogens with one attached hydrogen (secondary N) is 2. The first-order valence-electron chi connectivity index (χ1n) is 10.4. The first-order valence-corrected chi connectivity index (χ1v) is 11.6. The second-order valence-corrected chi connectivity index (χ2v) is 9.39. The van der Waals surface area contributed by atoms with E-state index in [2.05, 4.69) is 20.8 Å². The Morgan fingerprint density at radius 3 is 2.75 bits per heavy atom. The molecule has 3 amide bonds. The molecular weight excluding hydrogens is 446 g/mol. The van der Waals surface area contributed by atoms with Gasteiger partial charge in [0.2, 0.25) is 5.01 Å². The minimum Gasteiger partial charge on any atom is -0.324 e. The molecule has 1 saturated heterocycles. The Morgan fingerprint density at radius 1 is 1.12 bits per heavy atom. The van der Waals surface area contributed by atoms with Crippen LogP contribution in [0.2, 0.25) is 5.02 Å². The summed E-state index contributed by atoms with van der Waals surface area (Å²) in [6.45, 7) is 5.24. The van der Waals surface area contributed by atoms with Gasteiger partial charge in [0.1, 0.15) is 5.01 Å². The van der Waals surface area contributed by atoms with E-state index in [1.165, 1.54) is 11.3 Å². The molecular formula is C23H24ClN5O2S. The largest absolute Gasteiger partial charge is 0.324 e. The highest BCUT2D eigenvalue weighted by molar-refractivity contribution is 7.13. The maximum Gasteiger partial charge on any atom is 0.321 e. The normalized spacial score (nSPS) is 16.0. The molecule has 0 radical (unpaired) electrons. The molecule has 2 aromatic carbocycles. The van der Waals surface area contributed by atoms with Crippen LogP contribution in [0.1, 0.15) is 44.7 Å². The van der Waals surface area contributed by atoms with E-state index in [9.17, 15) is 9.59 Å². The third-order valence-corrected chi connectivity index (χ3v) is 6.72. The third-order valence-electron chi connectivity index (χ3n) is 5.40. The van der Waals surface area contributed by atoms with Gasteiger partial charge in [-0.1, -0.05) is 46.7 Å². The molecule has 0 spiro atoms. The Labute approximate surface area is 195 Å². The van der Waals surface area contributed by atoms with Gasteiger partial charge in [-0.3, -0.25) is 4.79 Å². The van der Waals surface area contributed by atoms with E-state index in [1.807, 2.05) is 32.0 Å². The quantitative estimate of drug-likeness (QED) is 0.530. The zero-order valence-corrected chi connectivity index (χ0v) is 19.5. The van der Waals surface area contributed by atoms with Crippen LogP contribution in [0.25, 0.3) is 0 Å². The maximum absolute atomic E-state index is 12.8. The molecule has 3 aromatic rings. The summed E-state index contributed by atoms with van der Waals surface area (Å²) in [4.78, 5) is 27.2. The molecule has 1 aromatic heterocycles. The lowest BCUT2D eigenvalue weighted by Gasteiger charge is -2.31. The van der Waals surface area contributed by atoms with Crippen LogP contribution in [0.4, 0.5) is 16.2 Å². The number of benzene rings is 2. The predicted molar refractivity (Wildman–Crippen MR) is 128 cm³/mol. The number of amides is 3. The standard InChI is InChI=1S/C23H24ClN5O2S/c1-14-8-9-19(15(2)11-14)26-23(31)29-10-4-5-16(13-29)21-27-28-22(32-21)20(30)25-18-7-3-6-17(24)12-18/h3,6-9,11-12,16H,4-5,10,13H2,1-2H3,(H,25,30)(H,26,31)/t16-/m0/s1. The molecule has 1 aliphatic rings. The number of carbonyl (C=O) groups is 2. The van der Waals surface area contributed by atoms with Crippen LogP contribution in [-0.4, -0.2) is 40.1 Å². The summed E-state index contributed by atoms with van der Waals surface area (Å²) in [5.74, 6) is -0.268. The van der Waals surface area contributed by atoms with E-state index in [4.69, 9.17) is 11.6 Å². The number of aromatic nitrogens is 2. The van der Waals surface area contributed by atoms with Crippen LogP contribution >= 0.6 is 22.9 Å². The lowest BCUT2D eigenvalue weighted by molar-refractivity contribution is 0.102. The minimum atomic E-state index is -0.323. The number of carbonyl (C=O) groups excluding carboxylic acids is 2. The van der Waals surface area contributed by atoms with Gasteiger partial charge in [-0.25, -0.2) is 4.79 Å². The maximum atomic E-state index is 12.8. The molecule has 2 heterocycles. The molecule has 4 rings (SSSR count). The van der Waals surface area contributed by atoms with Crippen molar-refractivity contribution in [1.29, 1.82) is 0 Å². The highest BCUT2D eigenvalue weighted by Crippen LogP contribution is 2.30. The van der Waals surface area contributed by atoms with Crippen molar-refractivity contribution < 1.29 is 9.59 Å². The van der Waals surface area contributed by atoms with Gasteiger partial charge < -0.3 is 15.5 Å². The van der Waals surface area contributed by atoms with Crippen molar-refractivity contribution >= 4 is 46.3 Å². The summed E-state index contributed by atoms with van der Waals surface area (Å²) in [6.07, 6.45) is 1.77. The SMILES string of the molecule is Cc1ccc(NC(=O)N2CCC[C@H](c3nnc(C(=O)Nc4cccc(Cl)c4)s3)C2)c(C)c1. The predicted octanol–water partition coefficient (Wildman–Crippen LogP) is 5.47. The number of urea groups is 1. The van der Waals surface area contributed by atoms with E-state index >= 15 is 0 Å². The Hall–Kier alpha value is -2.97. The highest BCUT2D eigenvalue weighted by Gasteiger charge is 2.28. The van der Waals surface area contributed by atoms with Crippen molar-refractivity contribution in [2.24, 2.45) is 0 Å². The smallest absolute Gasteiger partial charge is 0.321 e. The van der Waals surface area contributed by atoms with E-state index in [1.54, 1.807) is 29.2 Å². The van der Waals surface area contributed by atoms with Gasteiger partial charge in [-0.15, -0.1) is 10.2 Å². The van der Waals surface area contributed by atoms with Gasteiger partial charge >= 0.3 is 6.03 Å². The fraction of sp³-hybridized carbons (Fsp3) is 0.304. The molecule has 1 atom stereocenters. The molecule has 0 bridgehead atoms. The number of nitrogens with zero attached hydrogens (tertiary/aromatic N) is 3. The van der Waals surface area contributed by atoms with Crippen molar-refractivity contribution in [3.63, 3.8) is 0 Å². The average molecular weight is 470 g/mol. The van der Waals surface area contributed by atoms with Crippen LogP contribution in [0, 0.1) is 13.8 Å². The molecule has 166 valence electrons. The van der Waals surface area contributed by atoms with Crippen molar-refractivity contribution in [1.82, 2.24) is 15.1 Å². The van der Waals surface area contributed by atoms with Crippen molar-refractivity contribution in [2.45, 2.75) is 32.6 Å². The van der Waals surface area contributed by atoms with Gasteiger partial charge in [-0.05, 0) is 56.5 Å². The van der Waals surface area contributed by atoms with E-state index in [0.29, 0.717) is 23.8 Å². The lowest BCUT2D eigenvalue weighted by atomic mass is 9.99. The molecule has 1 aliphatic heterocycles. The van der Waals surface area contributed by atoms with E-state index in [-0.39, 0.29) is 22.9 Å². The van der Waals surface area contributed by atoms with Crippen LogP contribution in [-0.2, 0) is 0 Å². The van der Waals surface area contributed by atoms with Crippen molar-refractivity contribution in [3.05, 3.63) is 68.6 Å². The number of rotatable bonds is 4. The van der Waals surface area contributed by atoms with Crippen molar-refractivity contribution in [2.75, 3.05) is 23.7 Å². The zero-order valence-electron chi connectivity index (χ0n) is 17.9. The van der Waals surface area contributed by atoms with Crippen LogP contribution in [0.15, 0.2) is 42.5 Å². The number of hydrogen-bond acceptors (Lipinski definition) is 5. The molecule has 1 fully saturated rings. The number of piperidine rings is 1. The molecule has 32 heavy (non-hydrogen) atoms. The van der Waals surface area contributed by atoms with Gasteiger partial charge in [-0.2, -0.15) is 0 Å². The Kier molecular flexibility index (Phi) is 6.72. The number of anilines is 2. The molecule has 0 aliphatic carbocycles. The van der Waals surface area contributed by atoms with E-state index in [0.717, 1.165) is 34.7 Å².